The number of thiocarbonyl (C=S) groups is 1. The zero-order chi connectivity index (χ0) is 13.5. The summed E-state index contributed by atoms with van der Waals surface area (Å²) < 4.78 is 28.1. The SMILES string of the molecule is CC1(C)CCCN1c1c(F)cc(C(N)=S)cc1F. The molecule has 1 saturated heterocycles. The van der Waals surface area contributed by atoms with Gasteiger partial charge in [0.05, 0.1) is 0 Å². The average molecular weight is 270 g/mol. The van der Waals surface area contributed by atoms with Gasteiger partial charge in [-0.2, -0.15) is 0 Å². The number of hydrogen-bond donors (Lipinski definition) is 1. The predicted molar refractivity (Wildman–Crippen MR) is 72.9 cm³/mol. The molecule has 1 aliphatic rings. The Morgan fingerprint density at radius 2 is 1.89 bits per heavy atom. The monoisotopic (exact) mass is 270 g/mol. The van der Waals surface area contributed by atoms with E-state index in [0.29, 0.717) is 6.54 Å². The summed E-state index contributed by atoms with van der Waals surface area (Å²) in [5.41, 5.74) is 5.41. The van der Waals surface area contributed by atoms with Crippen molar-refractivity contribution in [1.82, 2.24) is 0 Å². The van der Waals surface area contributed by atoms with Gasteiger partial charge in [-0.25, -0.2) is 8.78 Å². The number of halogens is 2. The molecule has 0 amide bonds. The second-order valence-electron chi connectivity index (χ2n) is 5.22. The Labute approximate surface area is 111 Å². The Hall–Kier alpha value is -1.23. The maximum Gasteiger partial charge on any atom is 0.150 e. The van der Waals surface area contributed by atoms with Gasteiger partial charge in [-0.3, -0.25) is 0 Å². The van der Waals surface area contributed by atoms with E-state index < -0.39 is 11.6 Å². The van der Waals surface area contributed by atoms with Crippen LogP contribution in [0.1, 0.15) is 32.3 Å². The van der Waals surface area contributed by atoms with Crippen molar-refractivity contribution in [3.05, 3.63) is 29.3 Å². The molecule has 0 aliphatic carbocycles. The van der Waals surface area contributed by atoms with Crippen LogP contribution in [0, 0.1) is 11.6 Å². The topological polar surface area (TPSA) is 29.3 Å². The van der Waals surface area contributed by atoms with Crippen molar-refractivity contribution in [2.45, 2.75) is 32.2 Å². The van der Waals surface area contributed by atoms with Crippen LogP contribution in [0.25, 0.3) is 0 Å². The standard InChI is InChI=1S/C13H16F2N2S/c1-13(2)4-3-5-17(13)11-9(14)6-8(12(16)18)7-10(11)15/h6-7H,3-5H2,1-2H3,(H2,16,18). The third-order valence-corrected chi connectivity index (χ3v) is 3.71. The van der Waals surface area contributed by atoms with Gasteiger partial charge >= 0.3 is 0 Å². The van der Waals surface area contributed by atoms with Crippen molar-refractivity contribution in [3.8, 4) is 0 Å². The number of hydrogen-bond acceptors (Lipinski definition) is 2. The summed E-state index contributed by atoms with van der Waals surface area (Å²) in [5.74, 6) is -1.21. The van der Waals surface area contributed by atoms with Gasteiger partial charge in [0.25, 0.3) is 0 Å². The van der Waals surface area contributed by atoms with Crippen molar-refractivity contribution >= 4 is 22.9 Å². The number of nitrogens with two attached hydrogens (primary N) is 1. The molecule has 1 heterocycles. The Morgan fingerprint density at radius 1 is 1.33 bits per heavy atom. The molecule has 2 nitrogen and oxygen atoms in total. The zero-order valence-corrected chi connectivity index (χ0v) is 11.3. The summed E-state index contributed by atoms with van der Waals surface area (Å²) in [7, 11) is 0. The lowest BCUT2D eigenvalue weighted by atomic mass is 10.0. The van der Waals surface area contributed by atoms with E-state index in [1.165, 1.54) is 12.1 Å². The van der Waals surface area contributed by atoms with E-state index in [1.54, 1.807) is 4.90 Å². The molecule has 1 aromatic rings. The summed E-state index contributed by atoms with van der Waals surface area (Å²) in [4.78, 5) is 1.78. The van der Waals surface area contributed by atoms with Crippen LogP contribution in [0.5, 0.6) is 0 Å². The first kappa shape index (κ1) is 13.2. The Bertz CT molecular complexity index is 477. The molecule has 0 saturated carbocycles. The Kier molecular flexibility index (Phi) is 3.27. The molecule has 1 aliphatic heterocycles. The van der Waals surface area contributed by atoms with Crippen molar-refractivity contribution in [1.29, 1.82) is 0 Å². The van der Waals surface area contributed by atoms with Crippen LogP contribution < -0.4 is 10.6 Å². The normalized spacial score (nSPS) is 18.1. The summed E-state index contributed by atoms with van der Waals surface area (Å²) in [6.07, 6.45) is 1.85. The first-order valence-corrected chi connectivity index (χ1v) is 6.30. The average Bonchev–Trinajstić information content (AvgIpc) is 2.57. The minimum absolute atomic E-state index is 0.0000298. The molecule has 2 rings (SSSR count). The van der Waals surface area contributed by atoms with Gasteiger partial charge in [-0.1, -0.05) is 12.2 Å². The van der Waals surface area contributed by atoms with E-state index in [0.717, 1.165) is 12.8 Å². The number of rotatable bonds is 2. The van der Waals surface area contributed by atoms with Gasteiger partial charge in [0, 0.05) is 17.6 Å². The molecule has 1 aromatic carbocycles. The fourth-order valence-corrected chi connectivity index (χ4v) is 2.61. The van der Waals surface area contributed by atoms with Crippen LogP contribution in [0.4, 0.5) is 14.5 Å². The molecule has 0 spiro atoms. The summed E-state index contributed by atoms with van der Waals surface area (Å²) in [6.45, 7) is 4.63. The van der Waals surface area contributed by atoms with E-state index in [9.17, 15) is 8.78 Å². The Morgan fingerprint density at radius 3 is 2.28 bits per heavy atom. The van der Waals surface area contributed by atoms with Crippen molar-refractivity contribution in [2.75, 3.05) is 11.4 Å². The molecule has 0 unspecified atom stereocenters. The summed E-state index contributed by atoms with van der Waals surface area (Å²) >= 11 is 4.74. The fourth-order valence-electron chi connectivity index (χ4n) is 2.49. The van der Waals surface area contributed by atoms with Gasteiger partial charge in [-0.05, 0) is 38.8 Å². The van der Waals surface area contributed by atoms with Crippen LogP contribution in [0.2, 0.25) is 0 Å². The quantitative estimate of drug-likeness (QED) is 0.838. The first-order valence-electron chi connectivity index (χ1n) is 5.89. The van der Waals surface area contributed by atoms with Crippen LogP contribution in [0.15, 0.2) is 12.1 Å². The molecule has 18 heavy (non-hydrogen) atoms. The smallest absolute Gasteiger partial charge is 0.150 e. The second-order valence-corrected chi connectivity index (χ2v) is 5.66. The molecular formula is C13H16F2N2S. The number of nitrogens with zero attached hydrogens (tertiary/aromatic N) is 1. The molecule has 5 heteroatoms. The molecule has 2 N–H and O–H groups in total. The van der Waals surface area contributed by atoms with Crippen LogP contribution in [0.3, 0.4) is 0 Å². The largest absolute Gasteiger partial charge is 0.389 e. The molecular weight excluding hydrogens is 254 g/mol. The highest BCUT2D eigenvalue weighted by molar-refractivity contribution is 7.80. The van der Waals surface area contributed by atoms with Gasteiger partial charge < -0.3 is 10.6 Å². The third-order valence-electron chi connectivity index (χ3n) is 3.47. The molecule has 0 bridgehead atoms. The zero-order valence-electron chi connectivity index (χ0n) is 10.5. The lowest BCUT2D eigenvalue weighted by Crippen LogP contribution is -2.39. The van der Waals surface area contributed by atoms with Crippen molar-refractivity contribution in [3.63, 3.8) is 0 Å². The van der Waals surface area contributed by atoms with E-state index in [1.807, 2.05) is 13.8 Å². The number of benzene rings is 1. The van der Waals surface area contributed by atoms with Gasteiger partial charge in [0.1, 0.15) is 22.3 Å². The highest BCUT2D eigenvalue weighted by atomic mass is 32.1. The maximum atomic E-state index is 14.1. The van der Waals surface area contributed by atoms with Gasteiger partial charge in [0.15, 0.2) is 0 Å². The number of anilines is 1. The van der Waals surface area contributed by atoms with E-state index in [2.05, 4.69) is 0 Å². The Balaban J connectivity index is 2.49. The summed E-state index contributed by atoms with van der Waals surface area (Å²) in [5, 5.41) is 0. The molecule has 98 valence electrons. The van der Waals surface area contributed by atoms with Gasteiger partial charge in [0.2, 0.25) is 0 Å². The highest BCUT2D eigenvalue weighted by Crippen LogP contribution is 2.36. The lowest BCUT2D eigenvalue weighted by molar-refractivity contribution is 0.491. The second kappa shape index (κ2) is 4.46. The van der Waals surface area contributed by atoms with Crippen LogP contribution in [-0.4, -0.2) is 17.1 Å². The fraction of sp³-hybridized carbons (Fsp3) is 0.462. The summed E-state index contributed by atoms with van der Waals surface area (Å²) in [6, 6.07) is 2.41. The van der Waals surface area contributed by atoms with Crippen LogP contribution in [-0.2, 0) is 0 Å². The maximum absolute atomic E-state index is 14.1. The molecule has 0 aromatic heterocycles. The third kappa shape index (κ3) is 2.19. The van der Waals surface area contributed by atoms with Gasteiger partial charge in [-0.15, -0.1) is 0 Å². The molecule has 1 fully saturated rings. The first-order chi connectivity index (χ1) is 8.33. The molecule has 0 atom stereocenters. The lowest BCUT2D eigenvalue weighted by Gasteiger charge is -2.34. The predicted octanol–water partition coefficient (Wildman–Crippen LogP) is 2.98. The van der Waals surface area contributed by atoms with E-state index in [4.69, 9.17) is 18.0 Å². The minimum atomic E-state index is -0.604. The van der Waals surface area contributed by atoms with Crippen LogP contribution >= 0.6 is 12.2 Å². The highest BCUT2D eigenvalue weighted by Gasteiger charge is 2.35. The van der Waals surface area contributed by atoms with Crippen molar-refractivity contribution < 1.29 is 8.78 Å². The van der Waals surface area contributed by atoms with E-state index in [-0.39, 0.29) is 21.8 Å². The van der Waals surface area contributed by atoms with Crippen molar-refractivity contribution in [2.24, 2.45) is 5.73 Å². The van der Waals surface area contributed by atoms with E-state index >= 15 is 0 Å². The minimum Gasteiger partial charge on any atom is -0.389 e. The molecule has 0 radical (unpaired) electrons.